The van der Waals surface area contributed by atoms with Crippen molar-refractivity contribution in [2.24, 2.45) is 0 Å². The van der Waals surface area contributed by atoms with E-state index in [2.05, 4.69) is 11.2 Å². The van der Waals surface area contributed by atoms with Gasteiger partial charge in [-0.3, -0.25) is 0 Å². The van der Waals surface area contributed by atoms with Crippen LogP contribution in [-0.2, 0) is 6.54 Å². The highest BCUT2D eigenvalue weighted by molar-refractivity contribution is 5.33. The number of hydrogen-bond acceptors (Lipinski definition) is 2. The molecule has 0 heterocycles. The predicted octanol–water partition coefficient (Wildman–Crippen LogP) is 3.69. The van der Waals surface area contributed by atoms with E-state index in [4.69, 9.17) is 11.2 Å². The first-order valence-corrected chi connectivity index (χ1v) is 6.84. The highest BCUT2D eigenvalue weighted by Gasteiger charge is 2.10. The quantitative estimate of drug-likeness (QED) is 0.816. The van der Waals surface area contributed by atoms with Gasteiger partial charge in [0.15, 0.2) is 0 Å². The van der Waals surface area contributed by atoms with Crippen molar-refractivity contribution < 1.29 is 9.13 Å². The van der Waals surface area contributed by atoms with Gasteiger partial charge in [-0.1, -0.05) is 42.3 Å². The Bertz CT molecular complexity index is 633. The van der Waals surface area contributed by atoms with Crippen LogP contribution in [0.5, 0.6) is 5.75 Å². The second-order valence-corrected chi connectivity index (χ2v) is 4.72. The Morgan fingerprint density at radius 2 is 1.90 bits per heavy atom. The zero-order valence-electron chi connectivity index (χ0n) is 12.0. The molecular weight excluding hydrogens is 265 g/mol. The van der Waals surface area contributed by atoms with E-state index in [1.165, 1.54) is 6.07 Å². The van der Waals surface area contributed by atoms with Crippen molar-refractivity contribution in [2.75, 3.05) is 6.61 Å². The van der Waals surface area contributed by atoms with E-state index < -0.39 is 0 Å². The van der Waals surface area contributed by atoms with Gasteiger partial charge in [0.25, 0.3) is 0 Å². The fourth-order valence-corrected chi connectivity index (χ4v) is 2.11. The highest BCUT2D eigenvalue weighted by atomic mass is 19.1. The molecule has 0 spiro atoms. The standard InChI is InChI=1S/C18H18FNO/c1-3-12-21-18-11-7-4-8-15(18)13-20-14(2)16-9-5-6-10-17(16)19/h1,4-11,14,20H,12-13H2,2H3/t14-/m1/s1. The van der Waals surface area contributed by atoms with Crippen LogP contribution >= 0.6 is 0 Å². The Balaban J connectivity index is 2.03. The lowest BCUT2D eigenvalue weighted by Gasteiger charge is -2.16. The first-order valence-electron chi connectivity index (χ1n) is 6.84. The van der Waals surface area contributed by atoms with Crippen LogP contribution in [0.15, 0.2) is 48.5 Å². The lowest BCUT2D eigenvalue weighted by Crippen LogP contribution is -2.19. The van der Waals surface area contributed by atoms with Crippen LogP contribution < -0.4 is 10.1 Å². The molecule has 1 atom stereocenters. The first-order chi connectivity index (χ1) is 10.2. The van der Waals surface area contributed by atoms with Crippen LogP contribution in [0, 0.1) is 18.2 Å². The van der Waals surface area contributed by atoms with Gasteiger partial charge < -0.3 is 10.1 Å². The Kier molecular flexibility index (Phi) is 5.36. The smallest absolute Gasteiger partial charge is 0.148 e. The lowest BCUT2D eigenvalue weighted by atomic mass is 10.1. The summed E-state index contributed by atoms with van der Waals surface area (Å²) in [4.78, 5) is 0. The molecule has 2 nitrogen and oxygen atoms in total. The first kappa shape index (κ1) is 15.1. The van der Waals surface area contributed by atoms with Crippen molar-refractivity contribution in [1.82, 2.24) is 5.32 Å². The summed E-state index contributed by atoms with van der Waals surface area (Å²) in [5.74, 6) is 3.00. The van der Waals surface area contributed by atoms with E-state index in [0.717, 1.165) is 11.3 Å². The number of halogens is 1. The van der Waals surface area contributed by atoms with Crippen molar-refractivity contribution in [2.45, 2.75) is 19.5 Å². The summed E-state index contributed by atoms with van der Waals surface area (Å²) in [5.41, 5.74) is 1.65. The van der Waals surface area contributed by atoms with Gasteiger partial charge in [0, 0.05) is 23.7 Å². The van der Waals surface area contributed by atoms with E-state index >= 15 is 0 Å². The molecular formula is C18H18FNO. The van der Waals surface area contributed by atoms with Crippen molar-refractivity contribution in [3.05, 3.63) is 65.5 Å². The van der Waals surface area contributed by atoms with Crippen LogP contribution in [0.4, 0.5) is 4.39 Å². The van der Waals surface area contributed by atoms with Crippen molar-refractivity contribution in [3.8, 4) is 18.1 Å². The molecule has 0 radical (unpaired) electrons. The number of ether oxygens (including phenoxy) is 1. The van der Waals surface area contributed by atoms with Crippen LogP contribution in [-0.4, -0.2) is 6.61 Å². The Hall–Kier alpha value is -2.31. The maximum atomic E-state index is 13.7. The second-order valence-electron chi connectivity index (χ2n) is 4.72. The van der Waals surface area contributed by atoms with Crippen molar-refractivity contribution >= 4 is 0 Å². The van der Waals surface area contributed by atoms with Gasteiger partial charge in [-0.2, -0.15) is 0 Å². The molecule has 0 aliphatic heterocycles. The minimum atomic E-state index is -0.200. The Morgan fingerprint density at radius 3 is 2.67 bits per heavy atom. The van der Waals surface area contributed by atoms with Gasteiger partial charge in [0.2, 0.25) is 0 Å². The van der Waals surface area contributed by atoms with Gasteiger partial charge in [0.1, 0.15) is 18.2 Å². The highest BCUT2D eigenvalue weighted by Crippen LogP contribution is 2.20. The molecule has 0 saturated heterocycles. The minimum absolute atomic E-state index is 0.0908. The maximum Gasteiger partial charge on any atom is 0.148 e. The van der Waals surface area contributed by atoms with E-state index in [1.807, 2.05) is 37.3 Å². The Morgan fingerprint density at radius 1 is 1.19 bits per heavy atom. The van der Waals surface area contributed by atoms with E-state index in [1.54, 1.807) is 12.1 Å². The molecule has 0 aliphatic carbocycles. The van der Waals surface area contributed by atoms with Crippen LogP contribution in [0.2, 0.25) is 0 Å². The summed E-state index contributed by atoms with van der Waals surface area (Å²) in [6.45, 7) is 2.75. The third-order valence-corrected chi connectivity index (χ3v) is 3.25. The van der Waals surface area contributed by atoms with Crippen molar-refractivity contribution in [1.29, 1.82) is 0 Å². The molecule has 3 heteroatoms. The topological polar surface area (TPSA) is 21.3 Å². The van der Waals surface area contributed by atoms with Crippen LogP contribution in [0.1, 0.15) is 24.1 Å². The molecule has 2 aromatic rings. The molecule has 0 unspecified atom stereocenters. The number of para-hydroxylation sites is 1. The number of terminal acetylenes is 1. The van der Waals surface area contributed by atoms with Crippen molar-refractivity contribution in [3.63, 3.8) is 0 Å². The molecule has 2 aromatic carbocycles. The second kappa shape index (κ2) is 7.47. The predicted molar refractivity (Wildman–Crippen MR) is 82.4 cm³/mol. The molecule has 0 aliphatic rings. The molecule has 108 valence electrons. The van der Waals surface area contributed by atoms with Gasteiger partial charge >= 0.3 is 0 Å². The van der Waals surface area contributed by atoms with Gasteiger partial charge in [-0.15, -0.1) is 6.42 Å². The third kappa shape index (κ3) is 4.08. The summed E-state index contributed by atoms with van der Waals surface area (Å²) >= 11 is 0. The molecule has 0 aromatic heterocycles. The normalized spacial score (nSPS) is 11.7. The lowest BCUT2D eigenvalue weighted by molar-refractivity contribution is 0.363. The Labute approximate surface area is 125 Å². The maximum absolute atomic E-state index is 13.7. The number of nitrogens with one attached hydrogen (secondary N) is 1. The average molecular weight is 283 g/mol. The van der Waals surface area contributed by atoms with Gasteiger partial charge in [-0.25, -0.2) is 4.39 Å². The number of hydrogen-bond donors (Lipinski definition) is 1. The van der Waals surface area contributed by atoms with E-state index in [0.29, 0.717) is 12.1 Å². The van der Waals surface area contributed by atoms with Crippen LogP contribution in [0.3, 0.4) is 0 Å². The zero-order chi connectivity index (χ0) is 15.1. The number of rotatable bonds is 6. The summed E-state index contributed by atoms with van der Waals surface area (Å²) in [6.07, 6.45) is 5.21. The molecule has 21 heavy (non-hydrogen) atoms. The van der Waals surface area contributed by atoms with Gasteiger partial charge in [0.05, 0.1) is 0 Å². The number of benzene rings is 2. The molecule has 1 N–H and O–H groups in total. The van der Waals surface area contributed by atoms with E-state index in [-0.39, 0.29) is 18.5 Å². The molecule has 0 saturated carbocycles. The molecule has 0 fully saturated rings. The summed E-state index contributed by atoms with van der Waals surface area (Å²) < 4.78 is 19.2. The summed E-state index contributed by atoms with van der Waals surface area (Å²) in [7, 11) is 0. The summed E-state index contributed by atoms with van der Waals surface area (Å²) in [6, 6.07) is 14.4. The fourth-order valence-electron chi connectivity index (χ4n) is 2.11. The molecule has 2 rings (SSSR count). The SMILES string of the molecule is C#CCOc1ccccc1CN[C@H](C)c1ccccc1F. The fraction of sp³-hybridized carbons (Fsp3) is 0.222. The monoisotopic (exact) mass is 283 g/mol. The minimum Gasteiger partial charge on any atom is -0.481 e. The van der Waals surface area contributed by atoms with Crippen LogP contribution in [0.25, 0.3) is 0 Å². The third-order valence-electron chi connectivity index (χ3n) is 3.25. The van der Waals surface area contributed by atoms with E-state index in [9.17, 15) is 4.39 Å². The summed E-state index contributed by atoms with van der Waals surface area (Å²) in [5, 5.41) is 3.30. The molecule has 0 bridgehead atoms. The zero-order valence-corrected chi connectivity index (χ0v) is 12.0. The largest absolute Gasteiger partial charge is 0.481 e. The average Bonchev–Trinajstić information content (AvgIpc) is 2.52. The van der Waals surface area contributed by atoms with Gasteiger partial charge in [-0.05, 0) is 19.1 Å². The molecule has 0 amide bonds.